The molecule has 2 atom stereocenters. The monoisotopic (exact) mass is 231 g/mol. The standard InChI is InChI=1S/C10H17NO5/c1-3-11(10(14)16-4-2)8-6-15-5-7(8)9(12)13/h7-8H,3-6H2,1-2H3,(H,12,13). The molecule has 1 saturated heterocycles. The maximum atomic E-state index is 11.6. The van der Waals surface area contributed by atoms with Gasteiger partial charge < -0.3 is 19.5 Å². The summed E-state index contributed by atoms with van der Waals surface area (Å²) in [6.07, 6.45) is -0.480. The molecule has 0 radical (unpaired) electrons. The maximum Gasteiger partial charge on any atom is 0.410 e. The third-order valence-corrected chi connectivity index (χ3v) is 2.61. The Bertz CT molecular complexity index is 268. The Labute approximate surface area is 94.1 Å². The Hall–Kier alpha value is -1.30. The molecule has 1 heterocycles. The van der Waals surface area contributed by atoms with Crippen molar-refractivity contribution in [3.05, 3.63) is 0 Å². The molecule has 0 aliphatic carbocycles. The first-order chi connectivity index (χ1) is 7.61. The van der Waals surface area contributed by atoms with Gasteiger partial charge in [-0.05, 0) is 13.8 Å². The Morgan fingerprint density at radius 2 is 2.12 bits per heavy atom. The maximum absolute atomic E-state index is 11.6. The fourth-order valence-electron chi connectivity index (χ4n) is 1.79. The zero-order valence-electron chi connectivity index (χ0n) is 9.51. The number of carbonyl (C=O) groups excluding carboxylic acids is 1. The van der Waals surface area contributed by atoms with Crippen LogP contribution in [-0.2, 0) is 14.3 Å². The number of carboxylic acid groups (broad SMARTS) is 1. The van der Waals surface area contributed by atoms with E-state index in [-0.39, 0.29) is 19.8 Å². The number of likely N-dealkylation sites (N-methyl/N-ethyl adjacent to an activating group) is 1. The van der Waals surface area contributed by atoms with Gasteiger partial charge in [0.25, 0.3) is 0 Å². The van der Waals surface area contributed by atoms with Gasteiger partial charge in [0, 0.05) is 6.54 Å². The molecular weight excluding hydrogens is 214 g/mol. The van der Waals surface area contributed by atoms with E-state index < -0.39 is 24.0 Å². The van der Waals surface area contributed by atoms with Crippen molar-refractivity contribution in [2.24, 2.45) is 5.92 Å². The van der Waals surface area contributed by atoms with Gasteiger partial charge in [-0.3, -0.25) is 4.79 Å². The number of ether oxygens (including phenoxy) is 2. The van der Waals surface area contributed by atoms with Crippen molar-refractivity contribution in [1.29, 1.82) is 0 Å². The van der Waals surface area contributed by atoms with Gasteiger partial charge in [-0.15, -0.1) is 0 Å². The molecule has 1 aliphatic heterocycles. The van der Waals surface area contributed by atoms with Gasteiger partial charge in [0.2, 0.25) is 0 Å². The molecule has 6 heteroatoms. The van der Waals surface area contributed by atoms with Crippen LogP contribution in [0.2, 0.25) is 0 Å². The van der Waals surface area contributed by atoms with Crippen LogP contribution in [0.15, 0.2) is 0 Å². The fourth-order valence-corrected chi connectivity index (χ4v) is 1.79. The van der Waals surface area contributed by atoms with E-state index in [2.05, 4.69) is 0 Å². The molecule has 1 amide bonds. The summed E-state index contributed by atoms with van der Waals surface area (Å²) in [4.78, 5) is 24.0. The minimum atomic E-state index is -0.940. The van der Waals surface area contributed by atoms with E-state index in [4.69, 9.17) is 14.6 Å². The average Bonchev–Trinajstić information content (AvgIpc) is 2.68. The normalized spacial score (nSPS) is 24.1. The number of rotatable bonds is 4. The molecule has 0 saturated carbocycles. The van der Waals surface area contributed by atoms with Crippen LogP contribution in [0.25, 0.3) is 0 Å². The van der Waals surface area contributed by atoms with Crippen LogP contribution in [0.4, 0.5) is 4.79 Å². The molecule has 0 aromatic heterocycles. The molecule has 16 heavy (non-hydrogen) atoms. The number of nitrogens with zero attached hydrogens (tertiary/aromatic N) is 1. The van der Waals surface area contributed by atoms with Crippen molar-refractivity contribution in [1.82, 2.24) is 4.90 Å². The second-order valence-electron chi connectivity index (χ2n) is 3.53. The first kappa shape index (κ1) is 12.8. The molecule has 92 valence electrons. The second kappa shape index (κ2) is 5.69. The number of hydrogen-bond donors (Lipinski definition) is 1. The van der Waals surface area contributed by atoms with Crippen LogP contribution >= 0.6 is 0 Å². The smallest absolute Gasteiger partial charge is 0.410 e. The van der Waals surface area contributed by atoms with E-state index in [9.17, 15) is 9.59 Å². The van der Waals surface area contributed by atoms with Crippen LogP contribution in [0.1, 0.15) is 13.8 Å². The Balaban J connectivity index is 2.71. The lowest BCUT2D eigenvalue weighted by Gasteiger charge is -2.28. The SMILES string of the molecule is CCOC(=O)N(CC)C1COCC1C(=O)O. The quantitative estimate of drug-likeness (QED) is 0.765. The molecule has 0 aromatic rings. The minimum absolute atomic E-state index is 0.149. The van der Waals surface area contributed by atoms with Crippen LogP contribution in [0.5, 0.6) is 0 Å². The number of amides is 1. The number of aliphatic carboxylic acids is 1. The Kier molecular flexibility index (Phi) is 4.54. The summed E-state index contributed by atoms with van der Waals surface area (Å²) < 4.78 is 9.99. The predicted molar refractivity (Wildman–Crippen MR) is 55.1 cm³/mol. The number of carboxylic acids is 1. The first-order valence-electron chi connectivity index (χ1n) is 5.35. The minimum Gasteiger partial charge on any atom is -0.481 e. The largest absolute Gasteiger partial charge is 0.481 e. The summed E-state index contributed by atoms with van der Waals surface area (Å²) in [6, 6.07) is -0.429. The molecule has 0 spiro atoms. The third kappa shape index (κ3) is 2.63. The van der Waals surface area contributed by atoms with E-state index in [1.165, 1.54) is 4.90 Å². The van der Waals surface area contributed by atoms with Crippen LogP contribution in [-0.4, -0.2) is 54.5 Å². The van der Waals surface area contributed by atoms with E-state index in [0.29, 0.717) is 6.54 Å². The van der Waals surface area contributed by atoms with Crippen LogP contribution < -0.4 is 0 Å². The summed E-state index contributed by atoms with van der Waals surface area (Å²) in [5.41, 5.74) is 0. The van der Waals surface area contributed by atoms with Gasteiger partial charge in [-0.1, -0.05) is 0 Å². The summed E-state index contributed by atoms with van der Waals surface area (Å²) in [5.74, 6) is -1.60. The summed E-state index contributed by atoms with van der Waals surface area (Å²) in [7, 11) is 0. The highest BCUT2D eigenvalue weighted by molar-refractivity contribution is 5.74. The molecule has 2 unspecified atom stereocenters. The molecule has 1 rings (SSSR count). The zero-order chi connectivity index (χ0) is 12.1. The van der Waals surface area contributed by atoms with Crippen LogP contribution in [0, 0.1) is 5.92 Å². The van der Waals surface area contributed by atoms with Crippen molar-refractivity contribution >= 4 is 12.1 Å². The van der Waals surface area contributed by atoms with E-state index in [1.54, 1.807) is 13.8 Å². The highest BCUT2D eigenvalue weighted by Crippen LogP contribution is 2.20. The van der Waals surface area contributed by atoms with Crippen molar-refractivity contribution < 1.29 is 24.2 Å². The zero-order valence-corrected chi connectivity index (χ0v) is 9.51. The van der Waals surface area contributed by atoms with Crippen molar-refractivity contribution in [3.8, 4) is 0 Å². The van der Waals surface area contributed by atoms with Gasteiger partial charge in [0.15, 0.2) is 0 Å². The number of hydrogen-bond acceptors (Lipinski definition) is 4. The Morgan fingerprint density at radius 1 is 1.44 bits per heavy atom. The average molecular weight is 231 g/mol. The van der Waals surface area contributed by atoms with Gasteiger partial charge in [0.05, 0.1) is 25.9 Å². The lowest BCUT2D eigenvalue weighted by atomic mass is 10.0. The molecule has 0 aromatic carbocycles. The summed E-state index contributed by atoms with van der Waals surface area (Å²) >= 11 is 0. The molecule has 1 aliphatic rings. The highest BCUT2D eigenvalue weighted by Gasteiger charge is 2.39. The van der Waals surface area contributed by atoms with E-state index in [0.717, 1.165) is 0 Å². The third-order valence-electron chi connectivity index (χ3n) is 2.61. The topological polar surface area (TPSA) is 76.1 Å². The molecule has 6 nitrogen and oxygen atoms in total. The predicted octanol–water partition coefficient (Wildman–Crippen LogP) is 0.564. The number of carbonyl (C=O) groups is 2. The van der Waals surface area contributed by atoms with Crippen LogP contribution in [0.3, 0.4) is 0 Å². The molecule has 1 fully saturated rings. The van der Waals surface area contributed by atoms with Gasteiger partial charge in [0.1, 0.15) is 5.92 Å². The van der Waals surface area contributed by atoms with Gasteiger partial charge in [-0.2, -0.15) is 0 Å². The highest BCUT2D eigenvalue weighted by atomic mass is 16.6. The van der Waals surface area contributed by atoms with E-state index in [1.807, 2.05) is 0 Å². The fraction of sp³-hybridized carbons (Fsp3) is 0.800. The lowest BCUT2D eigenvalue weighted by molar-refractivity contribution is -0.142. The summed E-state index contributed by atoms with van der Waals surface area (Å²) in [5, 5.41) is 8.98. The molecular formula is C10H17NO5. The van der Waals surface area contributed by atoms with Gasteiger partial charge >= 0.3 is 12.1 Å². The summed E-state index contributed by atoms with van der Waals surface area (Å²) in [6.45, 7) is 4.59. The van der Waals surface area contributed by atoms with Crippen molar-refractivity contribution in [3.63, 3.8) is 0 Å². The lowest BCUT2D eigenvalue weighted by Crippen LogP contribution is -2.46. The van der Waals surface area contributed by atoms with E-state index >= 15 is 0 Å². The molecule has 0 bridgehead atoms. The van der Waals surface area contributed by atoms with Crippen molar-refractivity contribution in [2.75, 3.05) is 26.4 Å². The first-order valence-corrected chi connectivity index (χ1v) is 5.35. The second-order valence-corrected chi connectivity index (χ2v) is 3.53. The Morgan fingerprint density at radius 3 is 2.62 bits per heavy atom. The molecule has 1 N–H and O–H groups in total. The van der Waals surface area contributed by atoms with Crippen molar-refractivity contribution in [2.45, 2.75) is 19.9 Å². The van der Waals surface area contributed by atoms with Gasteiger partial charge in [-0.25, -0.2) is 4.79 Å².